The lowest BCUT2D eigenvalue weighted by molar-refractivity contribution is 0.1000. The van der Waals surface area contributed by atoms with Crippen LogP contribution in [0.15, 0.2) is 42.5 Å². The number of amides is 1. The van der Waals surface area contributed by atoms with Crippen LogP contribution in [0.1, 0.15) is 34.5 Å². The Bertz CT molecular complexity index is 638. The number of aromatic hydroxyl groups is 1. The summed E-state index contributed by atoms with van der Waals surface area (Å²) in [5.74, 6) is -0.199. The van der Waals surface area contributed by atoms with E-state index in [0.29, 0.717) is 5.56 Å². The van der Waals surface area contributed by atoms with E-state index >= 15 is 0 Å². The van der Waals surface area contributed by atoms with Crippen molar-refractivity contribution in [2.24, 2.45) is 5.73 Å². The summed E-state index contributed by atoms with van der Waals surface area (Å²) < 4.78 is 0. The standard InChI is InChI=1S/C16H18N2O2/c1-10-14(16(17)20)7-4-8-15(10)18-11(2)12-5-3-6-13(19)9-12/h3-9,11,18-19H,1-2H3,(H2,17,20). The zero-order valence-corrected chi connectivity index (χ0v) is 11.6. The van der Waals surface area contributed by atoms with E-state index in [1.54, 1.807) is 30.3 Å². The molecule has 2 aromatic rings. The van der Waals surface area contributed by atoms with Gasteiger partial charge < -0.3 is 16.2 Å². The maximum atomic E-state index is 11.3. The third kappa shape index (κ3) is 2.91. The number of hydrogen-bond donors (Lipinski definition) is 3. The third-order valence-corrected chi connectivity index (χ3v) is 3.34. The second kappa shape index (κ2) is 5.65. The van der Waals surface area contributed by atoms with Crippen LogP contribution < -0.4 is 11.1 Å². The van der Waals surface area contributed by atoms with E-state index in [1.165, 1.54) is 0 Å². The Kier molecular flexibility index (Phi) is 3.94. The molecule has 0 fully saturated rings. The third-order valence-electron chi connectivity index (χ3n) is 3.34. The van der Waals surface area contributed by atoms with Gasteiger partial charge in [-0.05, 0) is 49.2 Å². The molecule has 0 saturated heterocycles. The largest absolute Gasteiger partial charge is 0.508 e. The summed E-state index contributed by atoms with van der Waals surface area (Å²) in [4.78, 5) is 11.3. The van der Waals surface area contributed by atoms with Crippen LogP contribution in [0.4, 0.5) is 5.69 Å². The van der Waals surface area contributed by atoms with Gasteiger partial charge in [-0.3, -0.25) is 4.79 Å². The summed E-state index contributed by atoms with van der Waals surface area (Å²) in [5, 5.41) is 12.8. The van der Waals surface area contributed by atoms with Gasteiger partial charge in [0.2, 0.25) is 5.91 Å². The van der Waals surface area contributed by atoms with Crippen LogP contribution in [-0.4, -0.2) is 11.0 Å². The van der Waals surface area contributed by atoms with Crippen molar-refractivity contribution in [2.75, 3.05) is 5.32 Å². The molecule has 0 aliphatic heterocycles. The Labute approximate surface area is 118 Å². The lowest BCUT2D eigenvalue weighted by Crippen LogP contribution is -2.15. The molecule has 2 rings (SSSR count). The minimum absolute atomic E-state index is 0.00364. The predicted octanol–water partition coefficient (Wildman–Crippen LogP) is 2.97. The number of nitrogens with two attached hydrogens (primary N) is 1. The number of phenols is 1. The van der Waals surface area contributed by atoms with E-state index < -0.39 is 5.91 Å². The SMILES string of the molecule is Cc1c(NC(C)c2cccc(O)c2)cccc1C(N)=O. The Balaban J connectivity index is 2.26. The summed E-state index contributed by atoms with van der Waals surface area (Å²) in [6, 6.07) is 12.5. The van der Waals surface area contributed by atoms with E-state index in [1.807, 2.05) is 26.0 Å². The van der Waals surface area contributed by atoms with E-state index in [-0.39, 0.29) is 11.8 Å². The van der Waals surface area contributed by atoms with Gasteiger partial charge in [-0.15, -0.1) is 0 Å². The highest BCUT2D eigenvalue weighted by molar-refractivity contribution is 5.95. The number of carbonyl (C=O) groups excluding carboxylic acids is 1. The fourth-order valence-electron chi connectivity index (χ4n) is 2.17. The Hall–Kier alpha value is -2.49. The number of nitrogens with one attached hydrogen (secondary N) is 1. The molecule has 1 unspecified atom stereocenters. The number of carbonyl (C=O) groups is 1. The molecule has 0 aliphatic carbocycles. The van der Waals surface area contributed by atoms with Crippen molar-refractivity contribution < 1.29 is 9.90 Å². The van der Waals surface area contributed by atoms with Crippen molar-refractivity contribution >= 4 is 11.6 Å². The van der Waals surface area contributed by atoms with Crippen LogP contribution in [0.2, 0.25) is 0 Å². The minimum atomic E-state index is -0.434. The molecule has 4 heteroatoms. The molecule has 0 bridgehead atoms. The minimum Gasteiger partial charge on any atom is -0.508 e. The van der Waals surface area contributed by atoms with Crippen LogP contribution in [0.5, 0.6) is 5.75 Å². The van der Waals surface area contributed by atoms with Gasteiger partial charge in [0.25, 0.3) is 0 Å². The summed E-state index contributed by atoms with van der Waals surface area (Å²) >= 11 is 0. The number of phenolic OH excluding ortho intramolecular Hbond substituents is 1. The molecule has 0 spiro atoms. The van der Waals surface area contributed by atoms with Crippen LogP contribution in [-0.2, 0) is 0 Å². The molecule has 20 heavy (non-hydrogen) atoms. The normalized spacial score (nSPS) is 11.9. The molecule has 0 aliphatic rings. The Morgan fingerprint density at radius 2 is 1.95 bits per heavy atom. The van der Waals surface area contributed by atoms with Crippen LogP contribution in [0, 0.1) is 6.92 Å². The topological polar surface area (TPSA) is 75.3 Å². The van der Waals surface area contributed by atoms with Crippen molar-refractivity contribution in [1.82, 2.24) is 0 Å². The summed E-state index contributed by atoms with van der Waals surface area (Å²) in [7, 11) is 0. The maximum absolute atomic E-state index is 11.3. The lowest BCUT2D eigenvalue weighted by atomic mass is 10.0. The average Bonchev–Trinajstić information content (AvgIpc) is 2.40. The van der Waals surface area contributed by atoms with Gasteiger partial charge in [-0.25, -0.2) is 0 Å². The van der Waals surface area contributed by atoms with Gasteiger partial charge >= 0.3 is 0 Å². The Morgan fingerprint density at radius 1 is 1.25 bits per heavy atom. The van der Waals surface area contributed by atoms with Crippen molar-refractivity contribution in [3.63, 3.8) is 0 Å². The van der Waals surface area contributed by atoms with Crippen molar-refractivity contribution in [3.05, 3.63) is 59.2 Å². The van der Waals surface area contributed by atoms with Crippen LogP contribution in [0.3, 0.4) is 0 Å². The summed E-state index contributed by atoms with van der Waals surface area (Å²) in [5.41, 5.74) is 8.51. The molecule has 0 aromatic heterocycles. The van der Waals surface area contributed by atoms with Gasteiger partial charge in [0.05, 0.1) is 0 Å². The molecular formula is C16H18N2O2. The Morgan fingerprint density at radius 3 is 2.60 bits per heavy atom. The molecular weight excluding hydrogens is 252 g/mol. The average molecular weight is 270 g/mol. The zero-order chi connectivity index (χ0) is 14.7. The zero-order valence-electron chi connectivity index (χ0n) is 11.6. The number of rotatable bonds is 4. The predicted molar refractivity (Wildman–Crippen MR) is 79.8 cm³/mol. The fraction of sp³-hybridized carbons (Fsp3) is 0.188. The molecule has 4 N–H and O–H groups in total. The first-order chi connectivity index (χ1) is 9.49. The highest BCUT2D eigenvalue weighted by Gasteiger charge is 2.11. The molecule has 1 amide bonds. The van der Waals surface area contributed by atoms with Crippen molar-refractivity contribution in [3.8, 4) is 5.75 Å². The quantitative estimate of drug-likeness (QED) is 0.799. The fourth-order valence-corrected chi connectivity index (χ4v) is 2.17. The molecule has 2 aromatic carbocycles. The lowest BCUT2D eigenvalue weighted by Gasteiger charge is -2.18. The highest BCUT2D eigenvalue weighted by atomic mass is 16.3. The van der Waals surface area contributed by atoms with Crippen molar-refractivity contribution in [1.29, 1.82) is 0 Å². The first-order valence-corrected chi connectivity index (χ1v) is 6.44. The van der Waals surface area contributed by atoms with Gasteiger partial charge in [-0.1, -0.05) is 18.2 Å². The van der Waals surface area contributed by atoms with Gasteiger partial charge in [0.15, 0.2) is 0 Å². The second-order valence-electron chi connectivity index (χ2n) is 4.80. The first kappa shape index (κ1) is 13.9. The molecule has 1 atom stereocenters. The first-order valence-electron chi connectivity index (χ1n) is 6.44. The number of benzene rings is 2. The monoisotopic (exact) mass is 270 g/mol. The molecule has 0 radical (unpaired) electrons. The molecule has 4 nitrogen and oxygen atoms in total. The van der Waals surface area contributed by atoms with E-state index in [2.05, 4.69) is 5.32 Å². The number of anilines is 1. The molecule has 104 valence electrons. The second-order valence-corrected chi connectivity index (χ2v) is 4.80. The van der Waals surface area contributed by atoms with E-state index in [4.69, 9.17) is 5.73 Å². The maximum Gasteiger partial charge on any atom is 0.249 e. The van der Waals surface area contributed by atoms with Crippen LogP contribution >= 0.6 is 0 Å². The molecule has 0 saturated carbocycles. The summed E-state index contributed by atoms with van der Waals surface area (Å²) in [6.07, 6.45) is 0. The van der Waals surface area contributed by atoms with E-state index in [9.17, 15) is 9.90 Å². The van der Waals surface area contributed by atoms with Gasteiger partial charge in [0, 0.05) is 17.3 Å². The van der Waals surface area contributed by atoms with Gasteiger partial charge in [-0.2, -0.15) is 0 Å². The van der Waals surface area contributed by atoms with Crippen LogP contribution in [0.25, 0.3) is 0 Å². The number of primary amides is 1. The smallest absolute Gasteiger partial charge is 0.249 e. The van der Waals surface area contributed by atoms with Gasteiger partial charge in [0.1, 0.15) is 5.75 Å². The highest BCUT2D eigenvalue weighted by Crippen LogP contribution is 2.25. The summed E-state index contributed by atoms with van der Waals surface area (Å²) in [6.45, 7) is 3.85. The molecule has 0 heterocycles. The van der Waals surface area contributed by atoms with E-state index in [0.717, 1.165) is 16.8 Å². The van der Waals surface area contributed by atoms with Crippen molar-refractivity contribution in [2.45, 2.75) is 19.9 Å². The number of hydrogen-bond acceptors (Lipinski definition) is 3.